The Morgan fingerprint density at radius 1 is 1.19 bits per heavy atom. The Bertz CT molecular complexity index is 484. The molecule has 0 bridgehead atoms. The van der Waals surface area contributed by atoms with Crippen LogP contribution < -0.4 is 5.48 Å². The third-order valence-electron chi connectivity index (χ3n) is 3.81. The molecular formula is C15H21N3O3. The minimum Gasteiger partial charge on any atom is -0.340 e. The maximum atomic E-state index is 12.0. The summed E-state index contributed by atoms with van der Waals surface area (Å²) in [7, 11) is 0. The SMILES string of the molecule is CCC(=O)N1CCN(C(C(=O)NO)c2ccccc2)CC1. The maximum absolute atomic E-state index is 12.0. The topological polar surface area (TPSA) is 72.9 Å². The number of hydrogen-bond donors (Lipinski definition) is 2. The molecule has 1 aliphatic heterocycles. The van der Waals surface area contributed by atoms with Crippen molar-refractivity contribution in [3.8, 4) is 0 Å². The van der Waals surface area contributed by atoms with Gasteiger partial charge in [-0.3, -0.25) is 19.7 Å². The summed E-state index contributed by atoms with van der Waals surface area (Å²) >= 11 is 0. The van der Waals surface area contributed by atoms with Gasteiger partial charge in [0.1, 0.15) is 6.04 Å². The molecule has 6 nitrogen and oxygen atoms in total. The molecule has 0 aromatic heterocycles. The number of nitrogens with zero attached hydrogens (tertiary/aromatic N) is 2. The Labute approximate surface area is 124 Å². The molecule has 0 saturated carbocycles. The van der Waals surface area contributed by atoms with E-state index in [-0.39, 0.29) is 5.91 Å². The van der Waals surface area contributed by atoms with Crippen LogP contribution in [0.3, 0.4) is 0 Å². The third-order valence-corrected chi connectivity index (χ3v) is 3.81. The lowest BCUT2D eigenvalue weighted by molar-refractivity contribution is -0.138. The highest BCUT2D eigenvalue weighted by Crippen LogP contribution is 2.22. The first kappa shape index (κ1) is 15.5. The number of hydrogen-bond acceptors (Lipinski definition) is 4. The van der Waals surface area contributed by atoms with Crippen LogP contribution in [0.1, 0.15) is 24.9 Å². The average molecular weight is 291 g/mol. The number of piperazine rings is 1. The van der Waals surface area contributed by atoms with Crippen LogP contribution in [0.5, 0.6) is 0 Å². The number of nitrogens with one attached hydrogen (secondary N) is 1. The van der Waals surface area contributed by atoms with Gasteiger partial charge >= 0.3 is 0 Å². The van der Waals surface area contributed by atoms with E-state index in [1.807, 2.05) is 47.1 Å². The number of hydroxylamine groups is 1. The second kappa shape index (κ2) is 7.19. The summed E-state index contributed by atoms with van der Waals surface area (Å²) in [5.41, 5.74) is 2.58. The number of rotatable bonds is 4. The van der Waals surface area contributed by atoms with Gasteiger partial charge in [-0.15, -0.1) is 0 Å². The molecule has 6 heteroatoms. The molecule has 1 aromatic carbocycles. The van der Waals surface area contributed by atoms with Crippen LogP contribution in [0.15, 0.2) is 30.3 Å². The highest BCUT2D eigenvalue weighted by Gasteiger charge is 2.31. The Morgan fingerprint density at radius 3 is 2.33 bits per heavy atom. The number of carbonyl (C=O) groups excluding carboxylic acids is 2. The minimum atomic E-state index is -0.532. The summed E-state index contributed by atoms with van der Waals surface area (Å²) in [6.07, 6.45) is 0.499. The van der Waals surface area contributed by atoms with E-state index in [0.29, 0.717) is 32.6 Å². The van der Waals surface area contributed by atoms with E-state index in [4.69, 9.17) is 5.21 Å². The standard InChI is InChI=1S/C15H21N3O3/c1-2-13(19)17-8-10-18(11-9-17)14(15(20)16-21)12-6-4-3-5-7-12/h3-7,14,21H,2,8-11H2,1H3,(H,16,20). The minimum absolute atomic E-state index is 0.137. The van der Waals surface area contributed by atoms with E-state index in [0.717, 1.165) is 5.56 Å². The first-order valence-corrected chi connectivity index (χ1v) is 7.18. The van der Waals surface area contributed by atoms with E-state index in [9.17, 15) is 9.59 Å². The van der Waals surface area contributed by atoms with Crippen molar-refractivity contribution in [2.75, 3.05) is 26.2 Å². The van der Waals surface area contributed by atoms with E-state index in [1.54, 1.807) is 5.48 Å². The second-order valence-corrected chi connectivity index (χ2v) is 5.06. The lowest BCUT2D eigenvalue weighted by Crippen LogP contribution is -2.52. The molecule has 1 atom stereocenters. The van der Waals surface area contributed by atoms with Crippen LogP contribution in [-0.2, 0) is 9.59 Å². The Morgan fingerprint density at radius 2 is 1.81 bits per heavy atom. The van der Waals surface area contributed by atoms with E-state index in [2.05, 4.69) is 0 Å². The Balaban J connectivity index is 2.10. The van der Waals surface area contributed by atoms with Crippen molar-refractivity contribution in [1.82, 2.24) is 15.3 Å². The summed E-state index contributed by atoms with van der Waals surface area (Å²) in [4.78, 5) is 27.5. The predicted molar refractivity (Wildman–Crippen MR) is 77.6 cm³/mol. The number of amides is 2. The van der Waals surface area contributed by atoms with Crippen molar-refractivity contribution in [1.29, 1.82) is 0 Å². The number of carbonyl (C=O) groups is 2. The molecule has 1 heterocycles. The third kappa shape index (κ3) is 3.59. The van der Waals surface area contributed by atoms with Gasteiger partial charge in [-0.2, -0.15) is 0 Å². The van der Waals surface area contributed by atoms with Gasteiger partial charge in [0.2, 0.25) is 5.91 Å². The fourth-order valence-corrected chi connectivity index (χ4v) is 2.68. The molecule has 114 valence electrons. The first-order valence-electron chi connectivity index (χ1n) is 7.18. The van der Waals surface area contributed by atoms with Crippen LogP contribution in [0.2, 0.25) is 0 Å². The van der Waals surface area contributed by atoms with Crippen LogP contribution >= 0.6 is 0 Å². The molecule has 0 spiro atoms. The lowest BCUT2D eigenvalue weighted by Gasteiger charge is -2.38. The molecule has 2 amide bonds. The van der Waals surface area contributed by atoms with Crippen molar-refractivity contribution in [3.63, 3.8) is 0 Å². The van der Waals surface area contributed by atoms with Crippen molar-refractivity contribution >= 4 is 11.8 Å². The predicted octanol–water partition coefficient (Wildman–Crippen LogP) is 0.787. The largest absolute Gasteiger partial charge is 0.340 e. The highest BCUT2D eigenvalue weighted by atomic mass is 16.5. The fraction of sp³-hybridized carbons (Fsp3) is 0.467. The van der Waals surface area contributed by atoms with Gasteiger partial charge in [0, 0.05) is 32.6 Å². The zero-order valence-corrected chi connectivity index (χ0v) is 12.2. The monoisotopic (exact) mass is 291 g/mol. The van der Waals surface area contributed by atoms with Crippen LogP contribution in [-0.4, -0.2) is 53.0 Å². The first-order chi connectivity index (χ1) is 10.2. The fourth-order valence-electron chi connectivity index (χ4n) is 2.68. The lowest BCUT2D eigenvalue weighted by atomic mass is 10.0. The molecule has 0 aliphatic carbocycles. The van der Waals surface area contributed by atoms with Crippen LogP contribution in [0, 0.1) is 0 Å². The summed E-state index contributed by atoms with van der Waals surface area (Å²) in [5, 5.41) is 8.98. The summed E-state index contributed by atoms with van der Waals surface area (Å²) in [6.45, 7) is 4.28. The molecule has 1 aliphatic rings. The molecule has 1 unspecified atom stereocenters. The van der Waals surface area contributed by atoms with E-state index >= 15 is 0 Å². The van der Waals surface area contributed by atoms with Crippen molar-refractivity contribution in [3.05, 3.63) is 35.9 Å². The van der Waals surface area contributed by atoms with Gasteiger partial charge < -0.3 is 4.90 Å². The summed E-state index contributed by atoms with van der Waals surface area (Å²) in [6, 6.07) is 8.81. The smallest absolute Gasteiger partial charge is 0.265 e. The van der Waals surface area contributed by atoms with Gasteiger partial charge in [0.05, 0.1) is 0 Å². The van der Waals surface area contributed by atoms with Gasteiger partial charge in [-0.25, -0.2) is 5.48 Å². The van der Waals surface area contributed by atoms with Gasteiger partial charge in [-0.05, 0) is 5.56 Å². The molecular weight excluding hydrogens is 270 g/mol. The molecule has 0 radical (unpaired) electrons. The number of benzene rings is 1. The molecule has 1 aromatic rings. The van der Waals surface area contributed by atoms with Gasteiger partial charge in [0.15, 0.2) is 0 Å². The molecule has 2 N–H and O–H groups in total. The quantitative estimate of drug-likeness (QED) is 0.635. The molecule has 1 saturated heterocycles. The van der Waals surface area contributed by atoms with Crippen molar-refractivity contribution in [2.45, 2.75) is 19.4 Å². The summed E-state index contributed by atoms with van der Waals surface area (Å²) < 4.78 is 0. The second-order valence-electron chi connectivity index (χ2n) is 5.06. The summed E-state index contributed by atoms with van der Waals surface area (Å²) in [5.74, 6) is -0.311. The van der Waals surface area contributed by atoms with Crippen molar-refractivity contribution in [2.24, 2.45) is 0 Å². The Hall–Kier alpha value is -1.92. The normalized spacial score (nSPS) is 17.3. The van der Waals surface area contributed by atoms with Gasteiger partial charge in [0.25, 0.3) is 5.91 Å². The molecule has 21 heavy (non-hydrogen) atoms. The zero-order chi connectivity index (χ0) is 15.2. The average Bonchev–Trinajstić information content (AvgIpc) is 2.55. The Kier molecular flexibility index (Phi) is 5.30. The molecule has 2 rings (SSSR count). The molecule has 1 fully saturated rings. The highest BCUT2D eigenvalue weighted by molar-refractivity contribution is 5.82. The maximum Gasteiger partial charge on any atom is 0.265 e. The van der Waals surface area contributed by atoms with E-state index < -0.39 is 11.9 Å². The van der Waals surface area contributed by atoms with Crippen LogP contribution in [0.4, 0.5) is 0 Å². The zero-order valence-electron chi connectivity index (χ0n) is 12.2. The van der Waals surface area contributed by atoms with Crippen LogP contribution in [0.25, 0.3) is 0 Å². The van der Waals surface area contributed by atoms with Gasteiger partial charge in [-0.1, -0.05) is 37.3 Å². The van der Waals surface area contributed by atoms with Crippen molar-refractivity contribution < 1.29 is 14.8 Å². The van der Waals surface area contributed by atoms with E-state index in [1.165, 1.54) is 0 Å².